The van der Waals surface area contributed by atoms with E-state index in [2.05, 4.69) is 13.8 Å². The maximum absolute atomic E-state index is 5.16. The molecule has 0 aromatic carbocycles. The Kier molecular flexibility index (Phi) is 4.42. The van der Waals surface area contributed by atoms with Gasteiger partial charge in [0.05, 0.1) is 12.4 Å². The van der Waals surface area contributed by atoms with Crippen molar-refractivity contribution in [3.8, 4) is 0 Å². The SMILES string of the molecule is C/C=C/OC(C)CC. The third-order valence-corrected chi connectivity index (χ3v) is 1.02. The minimum absolute atomic E-state index is 0.367. The van der Waals surface area contributed by atoms with E-state index in [0.29, 0.717) is 6.10 Å². The van der Waals surface area contributed by atoms with Crippen molar-refractivity contribution < 1.29 is 4.74 Å². The lowest BCUT2D eigenvalue weighted by Gasteiger charge is -2.05. The molecule has 0 aliphatic carbocycles. The second kappa shape index (κ2) is 4.69. The van der Waals surface area contributed by atoms with Gasteiger partial charge in [-0.2, -0.15) is 0 Å². The first-order valence-electron chi connectivity index (χ1n) is 3.07. The van der Waals surface area contributed by atoms with Crippen molar-refractivity contribution >= 4 is 0 Å². The van der Waals surface area contributed by atoms with Gasteiger partial charge in [0.1, 0.15) is 0 Å². The van der Waals surface area contributed by atoms with Crippen LogP contribution in [0.3, 0.4) is 0 Å². The number of hydrogen-bond acceptors (Lipinski definition) is 1. The first-order valence-corrected chi connectivity index (χ1v) is 3.07. The van der Waals surface area contributed by atoms with Gasteiger partial charge in [0.15, 0.2) is 0 Å². The molecular weight excluding hydrogens is 100 g/mol. The summed E-state index contributed by atoms with van der Waals surface area (Å²) in [4.78, 5) is 0. The summed E-state index contributed by atoms with van der Waals surface area (Å²) in [5.41, 5.74) is 0. The molecule has 1 atom stereocenters. The molecule has 0 saturated carbocycles. The quantitative estimate of drug-likeness (QED) is 0.512. The Morgan fingerprint density at radius 1 is 1.62 bits per heavy atom. The van der Waals surface area contributed by atoms with Gasteiger partial charge < -0.3 is 4.74 Å². The van der Waals surface area contributed by atoms with Crippen LogP contribution in [0, 0.1) is 0 Å². The summed E-state index contributed by atoms with van der Waals surface area (Å²) in [5.74, 6) is 0. The van der Waals surface area contributed by atoms with Crippen LogP contribution in [0.15, 0.2) is 12.3 Å². The van der Waals surface area contributed by atoms with Crippen LogP contribution in [0.4, 0.5) is 0 Å². The molecule has 1 heteroatoms. The monoisotopic (exact) mass is 114 g/mol. The van der Waals surface area contributed by atoms with Gasteiger partial charge in [-0.1, -0.05) is 13.0 Å². The Morgan fingerprint density at radius 3 is 2.62 bits per heavy atom. The van der Waals surface area contributed by atoms with Crippen LogP contribution in [-0.4, -0.2) is 6.10 Å². The average Bonchev–Trinajstić information content (AvgIpc) is 1.83. The molecule has 8 heavy (non-hydrogen) atoms. The first kappa shape index (κ1) is 7.54. The van der Waals surface area contributed by atoms with Crippen LogP contribution in [0.1, 0.15) is 27.2 Å². The van der Waals surface area contributed by atoms with E-state index in [9.17, 15) is 0 Å². The van der Waals surface area contributed by atoms with Gasteiger partial charge in [-0.15, -0.1) is 0 Å². The van der Waals surface area contributed by atoms with Gasteiger partial charge in [-0.3, -0.25) is 0 Å². The highest BCUT2D eigenvalue weighted by atomic mass is 16.5. The second-order valence-corrected chi connectivity index (χ2v) is 1.82. The summed E-state index contributed by atoms with van der Waals surface area (Å²) in [5, 5.41) is 0. The fourth-order valence-electron chi connectivity index (χ4n) is 0.309. The molecule has 0 heterocycles. The molecule has 0 bridgehead atoms. The average molecular weight is 114 g/mol. The Morgan fingerprint density at radius 2 is 2.25 bits per heavy atom. The first-order chi connectivity index (χ1) is 3.81. The van der Waals surface area contributed by atoms with Crippen molar-refractivity contribution in [2.24, 2.45) is 0 Å². The Balaban J connectivity index is 3.10. The van der Waals surface area contributed by atoms with E-state index in [1.165, 1.54) is 0 Å². The largest absolute Gasteiger partial charge is 0.499 e. The van der Waals surface area contributed by atoms with E-state index >= 15 is 0 Å². The van der Waals surface area contributed by atoms with Crippen molar-refractivity contribution in [1.29, 1.82) is 0 Å². The van der Waals surface area contributed by atoms with Crippen molar-refractivity contribution in [1.82, 2.24) is 0 Å². The fraction of sp³-hybridized carbons (Fsp3) is 0.714. The molecular formula is C7H14O. The van der Waals surface area contributed by atoms with E-state index < -0.39 is 0 Å². The lowest BCUT2D eigenvalue weighted by atomic mass is 10.3. The molecule has 0 fully saturated rings. The molecule has 0 radical (unpaired) electrons. The third kappa shape index (κ3) is 3.72. The van der Waals surface area contributed by atoms with Crippen LogP contribution in [0.5, 0.6) is 0 Å². The smallest absolute Gasteiger partial charge is 0.0947 e. The van der Waals surface area contributed by atoms with E-state index in [-0.39, 0.29) is 0 Å². The molecule has 48 valence electrons. The molecule has 1 unspecified atom stereocenters. The topological polar surface area (TPSA) is 9.23 Å². The van der Waals surface area contributed by atoms with Crippen LogP contribution in [0.25, 0.3) is 0 Å². The number of hydrogen-bond donors (Lipinski definition) is 0. The van der Waals surface area contributed by atoms with Crippen molar-refractivity contribution in [3.05, 3.63) is 12.3 Å². The number of rotatable bonds is 3. The lowest BCUT2D eigenvalue weighted by molar-refractivity contribution is 0.157. The maximum Gasteiger partial charge on any atom is 0.0947 e. The molecule has 0 aliphatic rings. The second-order valence-electron chi connectivity index (χ2n) is 1.82. The van der Waals surface area contributed by atoms with Gasteiger partial charge >= 0.3 is 0 Å². The van der Waals surface area contributed by atoms with Gasteiger partial charge in [0.2, 0.25) is 0 Å². The van der Waals surface area contributed by atoms with Gasteiger partial charge in [-0.25, -0.2) is 0 Å². The fourth-order valence-corrected chi connectivity index (χ4v) is 0.309. The van der Waals surface area contributed by atoms with E-state index in [1.807, 2.05) is 13.0 Å². The molecule has 1 nitrogen and oxygen atoms in total. The zero-order chi connectivity index (χ0) is 6.41. The zero-order valence-corrected chi connectivity index (χ0v) is 5.85. The van der Waals surface area contributed by atoms with Crippen LogP contribution >= 0.6 is 0 Å². The van der Waals surface area contributed by atoms with Crippen molar-refractivity contribution in [2.75, 3.05) is 0 Å². The predicted molar refractivity (Wildman–Crippen MR) is 35.7 cm³/mol. The Bertz CT molecular complexity index is 66.8. The summed E-state index contributed by atoms with van der Waals surface area (Å²) >= 11 is 0. The Labute approximate surface area is 51.4 Å². The Hall–Kier alpha value is -0.460. The summed E-state index contributed by atoms with van der Waals surface area (Å²) in [6, 6.07) is 0. The highest BCUT2D eigenvalue weighted by Crippen LogP contribution is 1.94. The molecule has 0 spiro atoms. The van der Waals surface area contributed by atoms with Gasteiger partial charge in [0, 0.05) is 0 Å². The summed E-state index contributed by atoms with van der Waals surface area (Å²) in [6.07, 6.45) is 5.07. The van der Waals surface area contributed by atoms with Crippen LogP contribution < -0.4 is 0 Å². The van der Waals surface area contributed by atoms with Crippen LogP contribution in [-0.2, 0) is 4.74 Å². The lowest BCUT2D eigenvalue weighted by Crippen LogP contribution is -1.99. The van der Waals surface area contributed by atoms with E-state index in [1.54, 1.807) is 6.26 Å². The maximum atomic E-state index is 5.16. The zero-order valence-electron chi connectivity index (χ0n) is 5.85. The van der Waals surface area contributed by atoms with Crippen molar-refractivity contribution in [3.63, 3.8) is 0 Å². The number of allylic oxidation sites excluding steroid dienone is 1. The van der Waals surface area contributed by atoms with E-state index in [4.69, 9.17) is 4.74 Å². The number of ether oxygens (including phenoxy) is 1. The molecule has 0 N–H and O–H groups in total. The van der Waals surface area contributed by atoms with Crippen LogP contribution in [0.2, 0.25) is 0 Å². The highest BCUT2D eigenvalue weighted by molar-refractivity contribution is 4.66. The normalized spacial score (nSPS) is 14.4. The van der Waals surface area contributed by atoms with Gasteiger partial charge in [-0.05, 0) is 20.3 Å². The summed E-state index contributed by atoms with van der Waals surface area (Å²) < 4.78 is 5.16. The molecule has 0 amide bonds. The molecule has 0 aromatic rings. The molecule has 0 rings (SSSR count). The minimum Gasteiger partial charge on any atom is -0.499 e. The molecule has 0 aliphatic heterocycles. The van der Waals surface area contributed by atoms with Crippen molar-refractivity contribution in [2.45, 2.75) is 33.3 Å². The minimum atomic E-state index is 0.367. The molecule has 0 saturated heterocycles. The standard InChI is InChI=1S/C7H14O/c1-4-6-8-7(3)5-2/h4,6-7H,5H2,1-3H3/b6-4+. The molecule has 0 aromatic heterocycles. The van der Waals surface area contributed by atoms with Gasteiger partial charge in [0.25, 0.3) is 0 Å². The third-order valence-electron chi connectivity index (χ3n) is 1.02. The summed E-state index contributed by atoms with van der Waals surface area (Å²) in [7, 11) is 0. The van der Waals surface area contributed by atoms with E-state index in [0.717, 1.165) is 6.42 Å². The predicted octanol–water partition coefficient (Wildman–Crippen LogP) is 2.34. The highest BCUT2D eigenvalue weighted by Gasteiger charge is 1.90. The summed E-state index contributed by atoms with van der Waals surface area (Å²) in [6.45, 7) is 6.11.